The number of Topliss-reactive ketones (excluding diaryl/α,β-unsaturated/α-hetero) is 1. The summed E-state index contributed by atoms with van der Waals surface area (Å²) in [6.07, 6.45) is 14.2. The number of likely N-dealkylation sites (tertiary alicyclic amines) is 1. The van der Waals surface area contributed by atoms with Crippen LogP contribution in [0.1, 0.15) is 63.4 Å². The number of para-hydroxylation sites is 1. The van der Waals surface area contributed by atoms with Crippen LogP contribution in [0.15, 0.2) is 30.5 Å². The minimum Gasteiger partial charge on any atom is -0.293 e. The molecule has 3 heteroatoms. The molecule has 2 atom stereocenters. The van der Waals surface area contributed by atoms with Crippen molar-refractivity contribution in [1.82, 2.24) is 9.38 Å². The molecule has 154 valence electrons. The lowest BCUT2D eigenvalue weighted by Gasteiger charge is -2.56. The minimum atomic E-state index is -0.0542. The first-order valence-electron chi connectivity index (χ1n) is 11.9. The Morgan fingerprint density at radius 2 is 1.69 bits per heavy atom. The van der Waals surface area contributed by atoms with Crippen LogP contribution in [0.3, 0.4) is 0 Å². The Balaban J connectivity index is 1.42. The summed E-state index contributed by atoms with van der Waals surface area (Å²) in [6.45, 7) is 1.16. The Labute approximate surface area is 175 Å². The molecular weight excluding hydrogens is 356 g/mol. The lowest BCUT2D eigenvalue weighted by Crippen LogP contribution is -2.57. The summed E-state index contributed by atoms with van der Waals surface area (Å²) in [5, 5.41) is 0. The average molecular weight is 392 g/mol. The maximum Gasteiger partial charge on any atom is 0.175 e. The van der Waals surface area contributed by atoms with Crippen LogP contribution in [-0.2, 0) is 4.79 Å². The van der Waals surface area contributed by atoms with E-state index < -0.39 is 0 Å². The highest BCUT2D eigenvalue weighted by molar-refractivity contribution is 6.26. The summed E-state index contributed by atoms with van der Waals surface area (Å²) >= 11 is 0. The monoisotopic (exact) mass is 391 g/mol. The predicted octanol–water partition coefficient (Wildman–Crippen LogP) is 5.21. The number of benzene rings is 1. The van der Waals surface area contributed by atoms with Crippen LogP contribution in [0, 0.1) is 23.2 Å². The van der Waals surface area contributed by atoms with E-state index in [1.165, 1.54) is 49.8 Å². The van der Waals surface area contributed by atoms with Gasteiger partial charge in [-0.2, -0.15) is 0 Å². The molecule has 4 saturated carbocycles. The van der Waals surface area contributed by atoms with Gasteiger partial charge in [-0.1, -0.05) is 12.1 Å². The molecule has 3 nitrogen and oxygen atoms in total. The van der Waals surface area contributed by atoms with Crippen LogP contribution >= 0.6 is 0 Å². The number of carbonyl (C=O) groups is 1. The van der Waals surface area contributed by atoms with E-state index in [9.17, 15) is 4.79 Å². The van der Waals surface area contributed by atoms with Crippen LogP contribution in [0.25, 0.3) is 5.57 Å². The summed E-state index contributed by atoms with van der Waals surface area (Å²) in [5.74, 6) is 2.93. The molecule has 4 aliphatic carbocycles. The lowest BCUT2D eigenvalue weighted by atomic mass is 9.48. The molecule has 6 aliphatic rings. The maximum atomic E-state index is 14.2. The number of fused-ring (bicyclic) bond motifs is 1. The zero-order valence-electron chi connectivity index (χ0n) is 18.1. The molecule has 0 amide bonds. The lowest BCUT2D eigenvalue weighted by molar-refractivity contribution is -0.137. The average Bonchev–Trinajstić information content (AvgIpc) is 3.01. The van der Waals surface area contributed by atoms with Gasteiger partial charge in [-0.05, 0) is 82.2 Å². The van der Waals surface area contributed by atoms with Gasteiger partial charge >= 0.3 is 0 Å². The van der Waals surface area contributed by atoms with Crippen molar-refractivity contribution in [2.24, 2.45) is 23.2 Å². The molecule has 5 fully saturated rings. The number of nitrogens with zero attached hydrogens (tertiary/aromatic N) is 2. The first kappa shape index (κ1) is 18.3. The third-order valence-corrected chi connectivity index (χ3v) is 9.23. The van der Waals surface area contributed by atoms with Gasteiger partial charge in [-0.3, -0.25) is 14.2 Å². The number of allylic oxidation sites excluding steroid dienone is 1. The largest absolute Gasteiger partial charge is 0.293 e. The van der Waals surface area contributed by atoms with Crippen molar-refractivity contribution in [2.75, 3.05) is 20.6 Å². The zero-order chi connectivity index (χ0) is 19.8. The Morgan fingerprint density at radius 1 is 1.03 bits per heavy atom. The van der Waals surface area contributed by atoms with Gasteiger partial charge in [-0.15, -0.1) is 0 Å². The first-order valence-corrected chi connectivity index (χ1v) is 11.9. The summed E-state index contributed by atoms with van der Waals surface area (Å²) < 4.78 is 0.778. The smallest absolute Gasteiger partial charge is 0.175 e. The second-order valence-electron chi connectivity index (χ2n) is 11.2. The third kappa shape index (κ3) is 2.59. The van der Waals surface area contributed by atoms with Crippen molar-refractivity contribution < 1.29 is 4.79 Å². The normalized spacial score (nSPS) is 43.3. The van der Waals surface area contributed by atoms with E-state index in [0.717, 1.165) is 53.6 Å². The van der Waals surface area contributed by atoms with Gasteiger partial charge in [0.25, 0.3) is 0 Å². The Kier molecular flexibility index (Phi) is 3.97. The zero-order valence-corrected chi connectivity index (χ0v) is 18.1. The predicted molar refractivity (Wildman–Crippen MR) is 118 cm³/mol. The Hall–Kier alpha value is -1.45. The fourth-order valence-corrected chi connectivity index (χ4v) is 8.37. The third-order valence-electron chi connectivity index (χ3n) is 9.23. The van der Waals surface area contributed by atoms with Gasteiger partial charge in [0.2, 0.25) is 0 Å². The fourth-order valence-electron chi connectivity index (χ4n) is 8.37. The molecule has 0 aromatic heterocycles. The molecule has 7 rings (SSSR count). The number of quaternary nitrogens is 1. The van der Waals surface area contributed by atoms with Crippen LogP contribution in [0.2, 0.25) is 0 Å². The van der Waals surface area contributed by atoms with Crippen molar-refractivity contribution >= 4 is 17.0 Å². The summed E-state index contributed by atoms with van der Waals surface area (Å²) in [6, 6.07) is 8.77. The second-order valence-corrected chi connectivity index (χ2v) is 11.2. The van der Waals surface area contributed by atoms with Crippen molar-refractivity contribution in [2.45, 2.75) is 64.0 Å². The number of piperidine rings is 1. The van der Waals surface area contributed by atoms with Gasteiger partial charge in [0, 0.05) is 24.4 Å². The van der Waals surface area contributed by atoms with E-state index in [1.807, 2.05) is 0 Å². The van der Waals surface area contributed by atoms with Crippen molar-refractivity contribution in [3.05, 3.63) is 36.0 Å². The fraction of sp³-hybridized carbons (Fsp3) is 0.654. The highest BCUT2D eigenvalue weighted by Gasteiger charge is 2.57. The van der Waals surface area contributed by atoms with Crippen LogP contribution in [0.4, 0.5) is 5.69 Å². The molecule has 4 bridgehead atoms. The summed E-state index contributed by atoms with van der Waals surface area (Å²) in [7, 11) is 4.61. The Bertz CT molecular complexity index is 851. The highest BCUT2D eigenvalue weighted by atomic mass is 16.1. The Morgan fingerprint density at radius 3 is 2.34 bits per heavy atom. The van der Waals surface area contributed by atoms with Crippen molar-refractivity contribution in [3.8, 4) is 0 Å². The van der Waals surface area contributed by atoms with E-state index in [1.54, 1.807) is 0 Å². The molecule has 2 heterocycles. The minimum absolute atomic E-state index is 0.0542. The standard InChI is InChI=1S/C26H35N2O/c1-27-10-6-5-9-24(27)28(2)17-22(21-7-3-4-8-23(21)28)25(29)26-14-18-11-19(15-26)13-20(12-18)16-26/h3-4,7-8,17-20,24H,5-6,9-16H2,1-2H3/q+1. The van der Waals surface area contributed by atoms with Crippen molar-refractivity contribution in [1.29, 1.82) is 0 Å². The van der Waals surface area contributed by atoms with E-state index in [-0.39, 0.29) is 5.41 Å². The molecule has 0 radical (unpaired) electrons. The molecule has 2 aliphatic heterocycles. The van der Waals surface area contributed by atoms with E-state index in [0.29, 0.717) is 11.9 Å². The number of rotatable bonds is 3. The molecule has 0 N–H and O–H groups in total. The molecule has 0 spiro atoms. The first-order chi connectivity index (χ1) is 14.0. The molecule has 1 saturated heterocycles. The van der Waals surface area contributed by atoms with Gasteiger partial charge in [0.15, 0.2) is 11.9 Å². The molecule has 2 unspecified atom stereocenters. The molecular formula is C26H35N2O+. The molecule has 1 aromatic rings. The van der Waals surface area contributed by atoms with Crippen LogP contribution in [0.5, 0.6) is 0 Å². The molecule has 29 heavy (non-hydrogen) atoms. The van der Waals surface area contributed by atoms with Crippen LogP contribution < -0.4 is 4.48 Å². The van der Waals surface area contributed by atoms with Gasteiger partial charge < -0.3 is 0 Å². The van der Waals surface area contributed by atoms with Gasteiger partial charge in [0.05, 0.1) is 18.2 Å². The van der Waals surface area contributed by atoms with Gasteiger partial charge in [0.1, 0.15) is 11.9 Å². The number of ketones is 1. The van der Waals surface area contributed by atoms with Crippen LogP contribution in [-0.4, -0.2) is 37.5 Å². The quantitative estimate of drug-likeness (QED) is 0.660. The summed E-state index contributed by atoms with van der Waals surface area (Å²) in [4.78, 5) is 16.7. The van der Waals surface area contributed by atoms with E-state index >= 15 is 0 Å². The topological polar surface area (TPSA) is 20.3 Å². The van der Waals surface area contributed by atoms with Gasteiger partial charge in [-0.25, -0.2) is 0 Å². The van der Waals surface area contributed by atoms with Crippen molar-refractivity contribution in [3.63, 3.8) is 0 Å². The number of hydrogen-bond donors (Lipinski definition) is 0. The van der Waals surface area contributed by atoms with E-state index in [2.05, 4.69) is 49.5 Å². The number of carbonyl (C=O) groups excluding carboxylic acids is 1. The summed E-state index contributed by atoms with van der Waals surface area (Å²) in [5.41, 5.74) is 3.54. The maximum absolute atomic E-state index is 14.2. The highest BCUT2D eigenvalue weighted by Crippen LogP contribution is 2.62. The second kappa shape index (κ2) is 6.28. The number of hydrogen-bond acceptors (Lipinski definition) is 2. The van der Waals surface area contributed by atoms with E-state index in [4.69, 9.17) is 0 Å². The SMILES string of the molecule is CN1CCCCC1[N+]1(C)C=C(C(=O)C23CC4CC(CC(C4)C2)C3)c2ccccc21. The molecule has 1 aromatic carbocycles.